The Morgan fingerprint density at radius 2 is 0.485 bits per heavy atom. The van der Waals surface area contributed by atoms with Crippen molar-refractivity contribution in [2.45, 2.75) is 0 Å². The van der Waals surface area contributed by atoms with Crippen LogP contribution in [0.25, 0.3) is 122 Å². The van der Waals surface area contributed by atoms with E-state index in [-0.39, 0.29) is 0 Å². The second-order valence-corrected chi connectivity index (χ2v) is 16.6. The summed E-state index contributed by atoms with van der Waals surface area (Å²) in [7, 11) is 0. The minimum absolute atomic E-state index is 0.710. The Morgan fingerprint density at radius 1 is 0.197 bits per heavy atom. The fourth-order valence-electron chi connectivity index (χ4n) is 9.24. The largest absolute Gasteiger partial charge is 0.228 e. The highest BCUT2D eigenvalue weighted by Crippen LogP contribution is 2.38. The first-order valence-corrected chi connectivity index (χ1v) is 22.3. The van der Waals surface area contributed by atoms with Crippen molar-refractivity contribution < 1.29 is 0 Å². The van der Waals surface area contributed by atoms with Crippen molar-refractivity contribution in [2.24, 2.45) is 0 Å². The fraction of sp³-hybridized carbons (Fsp3) is 0. The molecule has 0 unspecified atom stereocenters. The van der Waals surface area contributed by atoms with E-state index in [1.54, 1.807) is 0 Å². The molecule has 308 valence electrons. The standard InChI is InChI=1S/C62H40N4/c1-3-17-45(18-4-1)57-39-59(65-61(63-57)55-29-11-21-41-15-7-9-23-51(41)55)47-35-31-43(32-36-47)49-25-13-28-54-50(26-14-27-53(49)54)44-33-37-48(38-34-44)60-40-58(46-19-5-2-6-20-46)64-62(66-60)56-30-12-22-42-16-8-10-24-52(42)56/h1-40H. The van der Waals surface area contributed by atoms with Crippen LogP contribution < -0.4 is 0 Å². The molecule has 4 heteroatoms. The van der Waals surface area contributed by atoms with Crippen molar-refractivity contribution >= 4 is 32.3 Å². The predicted molar refractivity (Wildman–Crippen MR) is 274 cm³/mol. The molecule has 0 amide bonds. The summed E-state index contributed by atoms with van der Waals surface area (Å²) < 4.78 is 0. The molecule has 2 heterocycles. The van der Waals surface area contributed by atoms with Crippen LogP contribution in [0.5, 0.6) is 0 Å². The molecule has 0 aliphatic carbocycles. The molecule has 0 spiro atoms. The van der Waals surface area contributed by atoms with Crippen LogP contribution >= 0.6 is 0 Å². The lowest BCUT2D eigenvalue weighted by molar-refractivity contribution is 1.19. The second kappa shape index (κ2) is 16.7. The van der Waals surface area contributed by atoms with Gasteiger partial charge in [0.05, 0.1) is 22.8 Å². The lowest BCUT2D eigenvalue weighted by Gasteiger charge is -2.14. The molecule has 12 aromatic rings. The van der Waals surface area contributed by atoms with Gasteiger partial charge in [0, 0.05) is 33.4 Å². The molecule has 66 heavy (non-hydrogen) atoms. The Labute approximate surface area is 383 Å². The Morgan fingerprint density at radius 3 is 0.894 bits per heavy atom. The zero-order valence-corrected chi connectivity index (χ0v) is 35.9. The number of hydrogen-bond donors (Lipinski definition) is 0. The van der Waals surface area contributed by atoms with E-state index in [4.69, 9.17) is 19.9 Å². The maximum atomic E-state index is 5.20. The summed E-state index contributed by atoms with van der Waals surface area (Å²) in [5, 5.41) is 6.98. The molecule has 2 aromatic heterocycles. The summed E-state index contributed by atoms with van der Waals surface area (Å²) in [6, 6.07) is 85.2. The topological polar surface area (TPSA) is 51.6 Å². The van der Waals surface area contributed by atoms with Gasteiger partial charge in [-0.05, 0) is 66.7 Å². The van der Waals surface area contributed by atoms with E-state index in [9.17, 15) is 0 Å². The summed E-state index contributed by atoms with van der Waals surface area (Å²) in [6.45, 7) is 0. The molecule has 10 aromatic carbocycles. The van der Waals surface area contributed by atoms with Crippen LogP contribution in [-0.2, 0) is 0 Å². The summed E-state index contributed by atoms with van der Waals surface area (Å²) in [5.74, 6) is 1.42. The molecule has 0 N–H and O–H groups in total. The number of rotatable bonds is 8. The average molecular weight is 841 g/mol. The van der Waals surface area contributed by atoms with Crippen molar-refractivity contribution in [1.82, 2.24) is 19.9 Å². The molecule has 0 bridgehead atoms. The number of aromatic nitrogens is 4. The normalized spacial score (nSPS) is 11.3. The van der Waals surface area contributed by atoms with Crippen LogP contribution in [0.2, 0.25) is 0 Å². The van der Waals surface area contributed by atoms with Gasteiger partial charge in [-0.1, -0.05) is 231 Å². The number of nitrogens with zero attached hydrogens (tertiary/aromatic N) is 4. The molecule has 0 radical (unpaired) electrons. The zero-order chi connectivity index (χ0) is 43.8. The Hall–Kier alpha value is -8.86. The fourth-order valence-corrected chi connectivity index (χ4v) is 9.24. The Balaban J connectivity index is 0.890. The van der Waals surface area contributed by atoms with Gasteiger partial charge in [0.15, 0.2) is 11.6 Å². The highest BCUT2D eigenvalue weighted by molar-refractivity contribution is 6.05. The van der Waals surface area contributed by atoms with Crippen LogP contribution in [-0.4, -0.2) is 19.9 Å². The van der Waals surface area contributed by atoms with Crippen LogP contribution in [0.15, 0.2) is 243 Å². The number of fused-ring (bicyclic) bond motifs is 3. The van der Waals surface area contributed by atoms with Gasteiger partial charge in [-0.15, -0.1) is 0 Å². The smallest absolute Gasteiger partial charge is 0.161 e. The molecular formula is C62H40N4. The average Bonchev–Trinajstić information content (AvgIpc) is 3.40. The maximum absolute atomic E-state index is 5.20. The molecular weight excluding hydrogens is 801 g/mol. The van der Waals surface area contributed by atoms with Crippen molar-refractivity contribution in [2.75, 3.05) is 0 Å². The summed E-state index contributed by atoms with van der Waals surface area (Å²) in [4.78, 5) is 20.7. The van der Waals surface area contributed by atoms with Crippen LogP contribution in [0.4, 0.5) is 0 Å². The van der Waals surface area contributed by atoms with Gasteiger partial charge in [0.2, 0.25) is 0 Å². The van der Waals surface area contributed by atoms with Gasteiger partial charge in [-0.2, -0.15) is 0 Å². The lowest BCUT2D eigenvalue weighted by atomic mass is 9.92. The van der Waals surface area contributed by atoms with Crippen molar-refractivity contribution in [3.05, 3.63) is 243 Å². The highest BCUT2D eigenvalue weighted by Gasteiger charge is 2.16. The van der Waals surface area contributed by atoms with E-state index in [1.807, 2.05) is 12.1 Å². The second-order valence-electron chi connectivity index (χ2n) is 16.6. The minimum Gasteiger partial charge on any atom is -0.228 e. The maximum Gasteiger partial charge on any atom is 0.161 e. The lowest BCUT2D eigenvalue weighted by Crippen LogP contribution is -1.96. The van der Waals surface area contributed by atoms with Crippen LogP contribution in [0.1, 0.15) is 0 Å². The molecule has 0 aliphatic rings. The number of benzene rings is 10. The Bertz CT molecular complexity index is 3470. The molecule has 4 nitrogen and oxygen atoms in total. The van der Waals surface area contributed by atoms with E-state index in [0.717, 1.165) is 88.8 Å². The van der Waals surface area contributed by atoms with Crippen molar-refractivity contribution in [1.29, 1.82) is 0 Å². The third-order valence-electron chi connectivity index (χ3n) is 12.6. The molecule has 0 saturated carbocycles. The van der Waals surface area contributed by atoms with Gasteiger partial charge >= 0.3 is 0 Å². The van der Waals surface area contributed by atoms with Crippen LogP contribution in [0.3, 0.4) is 0 Å². The SMILES string of the molecule is c1ccc(-c2cc(-c3ccc(-c4cccc5c(-c6ccc(-c7cc(-c8ccccc8)nc(-c8cccc9ccccc89)n7)cc6)cccc45)cc3)nc(-c3cccc4ccccc34)n2)cc1. The molecule has 0 saturated heterocycles. The molecule has 0 fully saturated rings. The van der Waals surface area contributed by atoms with Crippen molar-refractivity contribution in [3.63, 3.8) is 0 Å². The van der Waals surface area contributed by atoms with E-state index < -0.39 is 0 Å². The van der Waals surface area contributed by atoms with E-state index in [2.05, 4.69) is 231 Å². The van der Waals surface area contributed by atoms with E-state index in [1.165, 1.54) is 21.9 Å². The van der Waals surface area contributed by atoms with Crippen molar-refractivity contribution in [3.8, 4) is 90.1 Å². The molecule has 12 rings (SSSR count). The molecule has 0 aliphatic heterocycles. The monoisotopic (exact) mass is 840 g/mol. The quantitative estimate of drug-likeness (QED) is 0.153. The first-order chi connectivity index (χ1) is 32.7. The third kappa shape index (κ3) is 7.27. The summed E-state index contributed by atoms with van der Waals surface area (Å²) in [6.07, 6.45) is 0. The Kier molecular flexibility index (Phi) is 9.81. The minimum atomic E-state index is 0.710. The van der Waals surface area contributed by atoms with Gasteiger partial charge in [-0.3, -0.25) is 0 Å². The van der Waals surface area contributed by atoms with Gasteiger partial charge in [0.25, 0.3) is 0 Å². The summed E-state index contributed by atoms with van der Waals surface area (Å²) in [5.41, 5.74) is 14.4. The van der Waals surface area contributed by atoms with Crippen LogP contribution in [0, 0.1) is 0 Å². The molecule has 0 atom stereocenters. The first-order valence-electron chi connectivity index (χ1n) is 22.3. The first kappa shape index (κ1) is 38.8. The van der Waals surface area contributed by atoms with Gasteiger partial charge < -0.3 is 0 Å². The van der Waals surface area contributed by atoms with E-state index >= 15 is 0 Å². The zero-order valence-electron chi connectivity index (χ0n) is 35.9. The van der Waals surface area contributed by atoms with E-state index in [0.29, 0.717) is 11.6 Å². The number of hydrogen-bond acceptors (Lipinski definition) is 4. The highest BCUT2D eigenvalue weighted by atomic mass is 14.9. The predicted octanol–water partition coefficient (Wildman–Crippen LogP) is 16.1. The third-order valence-corrected chi connectivity index (χ3v) is 12.6. The van der Waals surface area contributed by atoms with Gasteiger partial charge in [-0.25, -0.2) is 19.9 Å². The van der Waals surface area contributed by atoms with Gasteiger partial charge in [0.1, 0.15) is 0 Å². The summed E-state index contributed by atoms with van der Waals surface area (Å²) >= 11 is 0.